The number of hydrogen-bond donors (Lipinski definition) is 1. The normalized spacial score (nSPS) is 29.0. The van der Waals surface area contributed by atoms with Crippen LogP contribution in [-0.4, -0.2) is 6.54 Å². The van der Waals surface area contributed by atoms with Gasteiger partial charge in [0, 0.05) is 9.61 Å². The van der Waals surface area contributed by atoms with E-state index in [1.807, 2.05) is 6.07 Å². The van der Waals surface area contributed by atoms with Gasteiger partial charge in [-0.1, -0.05) is 19.4 Å². The minimum absolute atomic E-state index is 0.127. The molecule has 21 heavy (non-hydrogen) atoms. The van der Waals surface area contributed by atoms with Crippen LogP contribution in [0.4, 0.5) is 4.39 Å². The third-order valence-electron chi connectivity index (χ3n) is 5.40. The molecule has 0 heterocycles. The minimum atomic E-state index is -0.127. The van der Waals surface area contributed by atoms with Gasteiger partial charge in [0.15, 0.2) is 0 Å². The highest BCUT2D eigenvalue weighted by atomic mass is 127. The van der Waals surface area contributed by atoms with Crippen molar-refractivity contribution >= 4 is 22.6 Å². The molecular formula is C18H25FIN. The number of rotatable bonds is 6. The van der Waals surface area contributed by atoms with Crippen LogP contribution in [0.2, 0.25) is 0 Å². The number of nitrogens with one attached hydrogen (secondary N) is 1. The fraction of sp³-hybridized carbons (Fsp3) is 0.667. The van der Waals surface area contributed by atoms with Crippen molar-refractivity contribution < 1.29 is 4.39 Å². The summed E-state index contributed by atoms with van der Waals surface area (Å²) in [7, 11) is 0. The maximum atomic E-state index is 13.4. The first-order valence-electron chi connectivity index (χ1n) is 8.35. The van der Waals surface area contributed by atoms with Crippen LogP contribution >= 0.6 is 22.6 Å². The van der Waals surface area contributed by atoms with Crippen molar-refractivity contribution in [2.24, 2.45) is 17.8 Å². The topological polar surface area (TPSA) is 12.0 Å². The van der Waals surface area contributed by atoms with Crippen molar-refractivity contribution in [2.75, 3.05) is 6.54 Å². The highest BCUT2D eigenvalue weighted by Crippen LogP contribution is 2.51. The summed E-state index contributed by atoms with van der Waals surface area (Å²) in [5, 5.41) is 3.71. The van der Waals surface area contributed by atoms with Gasteiger partial charge in [-0.05, 0) is 96.7 Å². The molecule has 2 fully saturated rings. The van der Waals surface area contributed by atoms with Crippen LogP contribution in [-0.2, 0) is 0 Å². The smallest absolute Gasteiger partial charge is 0.124 e. The van der Waals surface area contributed by atoms with Crippen molar-refractivity contribution in [3.63, 3.8) is 0 Å². The molecule has 1 N–H and O–H groups in total. The largest absolute Gasteiger partial charge is 0.310 e. The molecule has 3 rings (SSSR count). The van der Waals surface area contributed by atoms with Gasteiger partial charge < -0.3 is 5.32 Å². The number of benzene rings is 1. The summed E-state index contributed by atoms with van der Waals surface area (Å²) < 4.78 is 14.4. The second-order valence-electron chi connectivity index (χ2n) is 6.84. The first-order valence-corrected chi connectivity index (χ1v) is 9.43. The summed E-state index contributed by atoms with van der Waals surface area (Å²) >= 11 is 2.28. The monoisotopic (exact) mass is 401 g/mol. The van der Waals surface area contributed by atoms with Gasteiger partial charge in [-0.2, -0.15) is 0 Å². The molecule has 1 aromatic carbocycles. The second-order valence-corrected chi connectivity index (χ2v) is 8.01. The molecule has 0 saturated heterocycles. The van der Waals surface area contributed by atoms with E-state index in [4.69, 9.17) is 0 Å². The molecule has 2 saturated carbocycles. The standard InChI is InChI=1S/C18H25FIN/c1-2-7-21-18(16-6-5-15(19)11-17(16)20)10-14-9-12-3-4-13(14)8-12/h5-6,11-14,18,21H,2-4,7-10H2,1H3. The molecule has 1 aromatic rings. The Bertz CT molecular complexity index is 490. The fourth-order valence-corrected chi connectivity index (χ4v) is 5.24. The van der Waals surface area contributed by atoms with Crippen molar-refractivity contribution in [2.45, 2.75) is 51.5 Å². The Morgan fingerprint density at radius 3 is 2.81 bits per heavy atom. The molecule has 2 aliphatic rings. The lowest BCUT2D eigenvalue weighted by molar-refractivity contribution is 0.279. The fourth-order valence-electron chi connectivity index (χ4n) is 4.39. The third-order valence-corrected chi connectivity index (χ3v) is 6.34. The Morgan fingerprint density at radius 1 is 1.33 bits per heavy atom. The van der Waals surface area contributed by atoms with E-state index in [2.05, 4.69) is 34.8 Å². The summed E-state index contributed by atoms with van der Waals surface area (Å²) in [4.78, 5) is 0. The molecular weight excluding hydrogens is 376 g/mol. The van der Waals surface area contributed by atoms with Gasteiger partial charge in [-0.3, -0.25) is 0 Å². The Balaban J connectivity index is 1.74. The lowest BCUT2D eigenvalue weighted by Gasteiger charge is -2.28. The number of fused-ring (bicyclic) bond motifs is 2. The molecule has 0 spiro atoms. The van der Waals surface area contributed by atoms with Gasteiger partial charge in [0.1, 0.15) is 5.82 Å². The summed E-state index contributed by atoms with van der Waals surface area (Å²) in [6.45, 7) is 3.25. The van der Waals surface area contributed by atoms with E-state index in [0.29, 0.717) is 6.04 Å². The average molecular weight is 401 g/mol. The van der Waals surface area contributed by atoms with Crippen LogP contribution in [0, 0.1) is 27.1 Å². The van der Waals surface area contributed by atoms with Gasteiger partial charge in [-0.15, -0.1) is 0 Å². The van der Waals surface area contributed by atoms with Crippen LogP contribution in [0.25, 0.3) is 0 Å². The quantitative estimate of drug-likeness (QED) is 0.639. The Labute approximate surface area is 141 Å². The van der Waals surface area contributed by atoms with E-state index in [9.17, 15) is 4.39 Å². The summed E-state index contributed by atoms with van der Waals surface area (Å²) in [5.41, 5.74) is 1.29. The molecule has 3 heteroatoms. The lowest BCUT2D eigenvalue weighted by Crippen LogP contribution is -2.27. The van der Waals surface area contributed by atoms with Crippen LogP contribution < -0.4 is 5.32 Å². The van der Waals surface area contributed by atoms with Crippen LogP contribution in [0.3, 0.4) is 0 Å². The molecule has 4 unspecified atom stereocenters. The first kappa shape index (κ1) is 15.7. The van der Waals surface area contributed by atoms with Gasteiger partial charge in [0.25, 0.3) is 0 Å². The molecule has 1 nitrogen and oxygen atoms in total. The number of hydrogen-bond acceptors (Lipinski definition) is 1. The van der Waals surface area contributed by atoms with E-state index in [0.717, 1.165) is 34.3 Å². The van der Waals surface area contributed by atoms with Crippen LogP contribution in [0.15, 0.2) is 18.2 Å². The molecule has 2 aliphatic carbocycles. The minimum Gasteiger partial charge on any atom is -0.310 e. The van der Waals surface area contributed by atoms with Gasteiger partial charge in [-0.25, -0.2) is 4.39 Å². The first-order chi connectivity index (χ1) is 10.2. The zero-order chi connectivity index (χ0) is 14.8. The molecule has 0 aliphatic heterocycles. The Hall–Kier alpha value is -0.160. The highest BCUT2D eigenvalue weighted by molar-refractivity contribution is 14.1. The van der Waals surface area contributed by atoms with Crippen LogP contribution in [0.5, 0.6) is 0 Å². The zero-order valence-electron chi connectivity index (χ0n) is 12.7. The van der Waals surface area contributed by atoms with E-state index in [-0.39, 0.29) is 5.82 Å². The Morgan fingerprint density at radius 2 is 2.19 bits per heavy atom. The predicted octanol–water partition coefficient (Wildman–Crippen LogP) is 5.30. The summed E-state index contributed by atoms with van der Waals surface area (Å²) in [5.74, 6) is 2.70. The second kappa shape index (κ2) is 6.95. The van der Waals surface area contributed by atoms with Gasteiger partial charge in [0.05, 0.1) is 0 Å². The predicted molar refractivity (Wildman–Crippen MR) is 93.7 cm³/mol. The molecule has 4 atom stereocenters. The van der Waals surface area contributed by atoms with Crippen LogP contribution in [0.1, 0.15) is 57.1 Å². The van der Waals surface area contributed by atoms with Crippen molar-refractivity contribution in [1.29, 1.82) is 0 Å². The maximum absolute atomic E-state index is 13.4. The van der Waals surface area contributed by atoms with E-state index in [1.165, 1.54) is 37.7 Å². The molecule has 2 bridgehead atoms. The molecule has 0 aromatic heterocycles. The van der Waals surface area contributed by atoms with Crippen molar-refractivity contribution in [3.8, 4) is 0 Å². The van der Waals surface area contributed by atoms with E-state index >= 15 is 0 Å². The average Bonchev–Trinajstić information content (AvgIpc) is 3.06. The van der Waals surface area contributed by atoms with Gasteiger partial charge in [0.2, 0.25) is 0 Å². The Kier molecular flexibility index (Phi) is 5.20. The molecule has 0 radical (unpaired) electrons. The van der Waals surface area contributed by atoms with E-state index in [1.54, 1.807) is 12.1 Å². The number of halogens is 2. The summed E-state index contributed by atoms with van der Waals surface area (Å²) in [6, 6.07) is 5.65. The van der Waals surface area contributed by atoms with Gasteiger partial charge >= 0.3 is 0 Å². The molecule has 0 amide bonds. The lowest BCUT2D eigenvalue weighted by atomic mass is 9.82. The molecule has 116 valence electrons. The van der Waals surface area contributed by atoms with Crippen molar-refractivity contribution in [3.05, 3.63) is 33.1 Å². The summed E-state index contributed by atoms with van der Waals surface area (Å²) in [6.07, 6.45) is 8.16. The zero-order valence-corrected chi connectivity index (χ0v) is 14.9. The SMILES string of the molecule is CCCNC(CC1CC2CCC1C2)c1ccc(F)cc1I. The highest BCUT2D eigenvalue weighted by Gasteiger charge is 2.40. The van der Waals surface area contributed by atoms with E-state index < -0.39 is 0 Å². The third kappa shape index (κ3) is 3.61. The van der Waals surface area contributed by atoms with Crippen molar-refractivity contribution in [1.82, 2.24) is 5.32 Å². The maximum Gasteiger partial charge on any atom is 0.124 e.